The zero-order valence-electron chi connectivity index (χ0n) is 9.28. The summed E-state index contributed by atoms with van der Waals surface area (Å²) < 4.78 is 0. The zero-order valence-corrected chi connectivity index (χ0v) is 9.28. The van der Waals surface area contributed by atoms with Crippen LogP contribution >= 0.6 is 0 Å². The summed E-state index contributed by atoms with van der Waals surface area (Å²) in [5, 5.41) is 9.13. The molecule has 1 heterocycles. The maximum absolute atomic E-state index is 9.13. The Hall–Kier alpha value is -0.120. The van der Waals surface area contributed by atoms with Crippen molar-refractivity contribution in [2.75, 3.05) is 26.2 Å². The number of nitrogens with zero attached hydrogens (tertiary/aromatic N) is 1. The van der Waals surface area contributed by atoms with Gasteiger partial charge in [-0.3, -0.25) is 4.90 Å². The van der Waals surface area contributed by atoms with Gasteiger partial charge in [-0.15, -0.1) is 0 Å². The predicted molar refractivity (Wildman–Crippen MR) is 59.1 cm³/mol. The van der Waals surface area contributed by atoms with Crippen LogP contribution < -0.4 is 5.73 Å². The minimum atomic E-state index is 0.192. The van der Waals surface area contributed by atoms with Crippen molar-refractivity contribution in [2.24, 2.45) is 11.7 Å². The first-order valence-electron chi connectivity index (χ1n) is 5.86. The first-order chi connectivity index (χ1) is 6.81. The van der Waals surface area contributed by atoms with E-state index in [4.69, 9.17) is 10.8 Å². The van der Waals surface area contributed by atoms with E-state index in [1.165, 1.54) is 25.7 Å². The Morgan fingerprint density at radius 2 is 2.07 bits per heavy atom. The fourth-order valence-electron chi connectivity index (χ4n) is 2.35. The molecule has 0 bridgehead atoms. The molecule has 0 aromatic rings. The summed E-state index contributed by atoms with van der Waals surface area (Å²) in [6.07, 6.45) is 5.22. The molecule has 1 fully saturated rings. The molecule has 0 aliphatic carbocycles. The summed E-state index contributed by atoms with van der Waals surface area (Å²) in [5.41, 5.74) is 5.61. The van der Waals surface area contributed by atoms with Crippen molar-refractivity contribution in [2.45, 2.75) is 38.6 Å². The topological polar surface area (TPSA) is 49.5 Å². The van der Waals surface area contributed by atoms with E-state index in [1.54, 1.807) is 0 Å². The van der Waals surface area contributed by atoms with Gasteiger partial charge in [0.25, 0.3) is 0 Å². The summed E-state index contributed by atoms with van der Waals surface area (Å²) in [6, 6.07) is 0.192. The van der Waals surface area contributed by atoms with E-state index in [2.05, 4.69) is 11.8 Å². The fourth-order valence-corrected chi connectivity index (χ4v) is 2.35. The van der Waals surface area contributed by atoms with Crippen LogP contribution in [0.3, 0.4) is 0 Å². The molecule has 0 radical (unpaired) electrons. The lowest BCUT2D eigenvalue weighted by Crippen LogP contribution is -2.47. The summed E-state index contributed by atoms with van der Waals surface area (Å²) in [5.74, 6) is 0.911. The second-order valence-corrected chi connectivity index (χ2v) is 4.34. The molecule has 1 aliphatic heterocycles. The van der Waals surface area contributed by atoms with E-state index < -0.39 is 0 Å². The van der Waals surface area contributed by atoms with Crippen LogP contribution in [0.2, 0.25) is 0 Å². The van der Waals surface area contributed by atoms with Crippen molar-refractivity contribution in [1.29, 1.82) is 0 Å². The van der Waals surface area contributed by atoms with Crippen LogP contribution in [0.5, 0.6) is 0 Å². The van der Waals surface area contributed by atoms with Gasteiger partial charge in [-0.05, 0) is 31.8 Å². The van der Waals surface area contributed by atoms with E-state index in [9.17, 15) is 0 Å². The van der Waals surface area contributed by atoms with E-state index in [-0.39, 0.29) is 12.6 Å². The van der Waals surface area contributed by atoms with E-state index in [0.29, 0.717) is 6.54 Å². The van der Waals surface area contributed by atoms with Crippen LogP contribution in [0.25, 0.3) is 0 Å². The molecule has 1 rings (SSSR count). The number of hydrogen-bond donors (Lipinski definition) is 2. The van der Waals surface area contributed by atoms with Crippen LogP contribution in [-0.4, -0.2) is 42.3 Å². The van der Waals surface area contributed by atoms with Gasteiger partial charge in [0.2, 0.25) is 0 Å². The first-order valence-corrected chi connectivity index (χ1v) is 5.86. The number of aliphatic hydroxyl groups is 1. The smallest absolute Gasteiger partial charge is 0.0599 e. The second-order valence-electron chi connectivity index (χ2n) is 4.34. The predicted octanol–water partition coefficient (Wildman–Crippen LogP) is 0.818. The highest BCUT2D eigenvalue weighted by Gasteiger charge is 2.23. The normalized spacial score (nSPS) is 22.5. The number of nitrogens with two attached hydrogens (primary N) is 1. The van der Waals surface area contributed by atoms with Crippen molar-refractivity contribution in [1.82, 2.24) is 4.90 Å². The van der Waals surface area contributed by atoms with Gasteiger partial charge in [-0.1, -0.05) is 19.8 Å². The van der Waals surface area contributed by atoms with Crippen molar-refractivity contribution in [3.8, 4) is 0 Å². The average Bonchev–Trinajstić information content (AvgIpc) is 2.23. The van der Waals surface area contributed by atoms with Crippen LogP contribution in [0, 0.1) is 5.92 Å². The average molecular weight is 200 g/mol. The van der Waals surface area contributed by atoms with Gasteiger partial charge in [0, 0.05) is 12.6 Å². The molecular weight excluding hydrogens is 176 g/mol. The zero-order chi connectivity index (χ0) is 10.4. The Labute approximate surface area is 87.3 Å². The Kier molecular flexibility index (Phi) is 5.45. The molecule has 0 aromatic heterocycles. The van der Waals surface area contributed by atoms with Crippen LogP contribution in [-0.2, 0) is 0 Å². The molecule has 1 saturated heterocycles. The van der Waals surface area contributed by atoms with Crippen LogP contribution in [0.15, 0.2) is 0 Å². The monoisotopic (exact) mass is 200 g/mol. The van der Waals surface area contributed by atoms with E-state index in [0.717, 1.165) is 19.0 Å². The highest BCUT2D eigenvalue weighted by atomic mass is 16.3. The van der Waals surface area contributed by atoms with Gasteiger partial charge in [-0.2, -0.15) is 0 Å². The molecule has 1 unspecified atom stereocenters. The number of rotatable bonds is 5. The Morgan fingerprint density at radius 1 is 1.43 bits per heavy atom. The third-order valence-corrected chi connectivity index (χ3v) is 3.35. The van der Waals surface area contributed by atoms with Gasteiger partial charge in [0.1, 0.15) is 0 Å². The summed E-state index contributed by atoms with van der Waals surface area (Å²) in [6.45, 7) is 5.27. The van der Waals surface area contributed by atoms with Crippen LogP contribution in [0.4, 0.5) is 0 Å². The fraction of sp³-hybridized carbons (Fsp3) is 1.00. The number of aliphatic hydroxyl groups excluding tert-OH is 1. The standard InChI is InChI=1S/C11H24N2O/c1-2-3-10-4-6-13(7-5-10)11(8-12)9-14/h10-11,14H,2-9,12H2,1H3. The van der Waals surface area contributed by atoms with Gasteiger partial charge in [0.15, 0.2) is 0 Å². The molecule has 0 aromatic carbocycles. The molecule has 3 heteroatoms. The molecule has 1 aliphatic rings. The quantitative estimate of drug-likeness (QED) is 0.691. The lowest BCUT2D eigenvalue weighted by molar-refractivity contribution is 0.0889. The minimum Gasteiger partial charge on any atom is -0.395 e. The molecule has 0 amide bonds. The Balaban J connectivity index is 2.27. The Morgan fingerprint density at radius 3 is 2.50 bits per heavy atom. The summed E-state index contributed by atoms with van der Waals surface area (Å²) in [4.78, 5) is 2.34. The lowest BCUT2D eigenvalue weighted by Gasteiger charge is -2.36. The molecular formula is C11H24N2O. The molecule has 14 heavy (non-hydrogen) atoms. The number of likely N-dealkylation sites (tertiary alicyclic amines) is 1. The third-order valence-electron chi connectivity index (χ3n) is 3.35. The molecule has 1 atom stereocenters. The minimum absolute atomic E-state index is 0.192. The van der Waals surface area contributed by atoms with E-state index in [1.807, 2.05) is 0 Å². The van der Waals surface area contributed by atoms with Crippen molar-refractivity contribution >= 4 is 0 Å². The largest absolute Gasteiger partial charge is 0.395 e. The maximum atomic E-state index is 9.13. The molecule has 84 valence electrons. The molecule has 3 nitrogen and oxygen atoms in total. The number of hydrogen-bond acceptors (Lipinski definition) is 3. The van der Waals surface area contributed by atoms with Gasteiger partial charge >= 0.3 is 0 Å². The van der Waals surface area contributed by atoms with Crippen LogP contribution in [0.1, 0.15) is 32.6 Å². The maximum Gasteiger partial charge on any atom is 0.0599 e. The second kappa shape index (κ2) is 6.38. The summed E-state index contributed by atoms with van der Waals surface area (Å²) in [7, 11) is 0. The highest BCUT2D eigenvalue weighted by Crippen LogP contribution is 2.22. The van der Waals surface area contributed by atoms with Crippen molar-refractivity contribution in [3.05, 3.63) is 0 Å². The lowest BCUT2D eigenvalue weighted by atomic mass is 9.92. The van der Waals surface area contributed by atoms with Gasteiger partial charge in [0.05, 0.1) is 6.61 Å². The van der Waals surface area contributed by atoms with Crippen molar-refractivity contribution < 1.29 is 5.11 Å². The third kappa shape index (κ3) is 3.23. The van der Waals surface area contributed by atoms with Gasteiger partial charge < -0.3 is 10.8 Å². The molecule has 3 N–H and O–H groups in total. The molecule has 0 spiro atoms. The summed E-state index contributed by atoms with van der Waals surface area (Å²) >= 11 is 0. The SMILES string of the molecule is CCCC1CCN(C(CN)CO)CC1. The van der Waals surface area contributed by atoms with Crippen molar-refractivity contribution in [3.63, 3.8) is 0 Å². The first kappa shape index (κ1) is 12.0. The van der Waals surface area contributed by atoms with E-state index >= 15 is 0 Å². The number of piperidine rings is 1. The molecule has 0 saturated carbocycles. The van der Waals surface area contributed by atoms with Gasteiger partial charge in [-0.25, -0.2) is 0 Å². The highest BCUT2D eigenvalue weighted by molar-refractivity contribution is 4.78. The Bertz CT molecular complexity index is 140.